The Kier molecular flexibility index (Phi) is 7.86. The molecule has 1 aliphatic rings. The second kappa shape index (κ2) is 10.4. The first-order valence-corrected chi connectivity index (χ1v) is 11.6. The molecule has 12 heteroatoms. The van der Waals surface area contributed by atoms with Crippen molar-refractivity contribution in [1.29, 1.82) is 0 Å². The summed E-state index contributed by atoms with van der Waals surface area (Å²) in [5.41, 5.74) is 0.657. The van der Waals surface area contributed by atoms with Gasteiger partial charge in [0.2, 0.25) is 0 Å². The van der Waals surface area contributed by atoms with E-state index in [2.05, 4.69) is 20.3 Å². The van der Waals surface area contributed by atoms with Crippen LogP contribution in [-0.2, 0) is 11.2 Å². The van der Waals surface area contributed by atoms with Crippen molar-refractivity contribution in [2.45, 2.75) is 52.2 Å². The van der Waals surface area contributed by atoms with E-state index in [0.717, 1.165) is 17.8 Å². The zero-order valence-corrected chi connectivity index (χ0v) is 19.7. The third kappa shape index (κ3) is 5.28. The number of imidazole rings is 1. The molecule has 0 bridgehead atoms. The molecule has 32 heavy (non-hydrogen) atoms. The van der Waals surface area contributed by atoms with Gasteiger partial charge in [0.1, 0.15) is 10.6 Å². The van der Waals surface area contributed by atoms with Crippen molar-refractivity contribution in [1.82, 2.24) is 20.3 Å². The normalized spacial score (nSPS) is 18.6. The molecule has 0 spiro atoms. The van der Waals surface area contributed by atoms with E-state index >= 15 is 0 Å². The first kappa shape index (κ1) is 24.1. The summed E-state index contributed by atoms with van der Waals surface area (Å²) in [7, 11) is 0. The number of thiazole rings is 1. The molecule has 1 aliphatic heterocycles. The summed E-state index contributed by atoms with van der Waals surface area (Å²) in [6.45, 7) is 6.62. The van der Waals surface area contributed by atoms with Gasteiger partial charge in [-0.05, 0) is 19.3 Å². The molecule has 1 fully saturated rings. The summed E-state index contributed by atoms with van der Waals surface area (Å²) in [6.07, 6.45) is 1.64. The number of aryl methyl sites for hydroxylation is 1. The van der Waals surface area contributed by atoms with Crippen molar-refractivity contribution in [3.05, 3.63) is 27.2 Å². The third-order valence-electron chi connectivity index (χ3n) is 5.12. The fourth-order valence-electron chi connectivity index (χ4n) is 3.49. The maximum atomic E-state index is 12.7. The molecule has 1 amide bonds. The van der Waals surface area contributed by atoms with E-state index in [9.17, 15) is 19.5 Å². The van der Waals surface area contributed by atoms with E-state index in [-0.39, 0.29) is 39.6 Å². The van der Waals surface area contributed by atoms with Gasteiger partial charge in [0.05, 0.1) is 17.8 Å². The van der Waals surface area contributed by atoms with Crippen molar-refractivity contribution in [3.8, 4) is 0 Å². The Hall–Kier alpha value is -2.50. The van der Waals surface area contributed by atoms with Crippen LogP contribution in [0.3, 0.4) is 0 Å². The minimum atomic E-state index is -1.18. The smallest absolute Gasteiger partial charge is 0.348 e. The number of carboxylic acids is 1. The number of piperidine rings is 1. The molecule has 174 valence electrons. The number of carbonyl (C=O) groups is 3. The van der Waals surface area contributed by atoms with E-state index in [1.807, 2.05) is 18.7 Å². The SMILES string of the molecule is CCCO[C@@H]1CN(c2nc(C(C)=O)c(C(=O)O)s2)CC[C@@H]1NC(=O)c1nc(Cl)c(CC)[nH]1. The summed E-state index contributed by atoms with van der Waals surface area (Å²) in [4.78, 5) is 49.1. The number of aromatic carboxylic acids is 1. The van der Waals surface area contributed by atoms with Crippen LogP contribution in [0.5, 0.6) is 0 Å². The van der Waals surface area contributed by atoms with Gasteiger partial charge in [0, 0.05) is 26.6 Å². The molecule has 2 aromatic heterocycles. The molecule has 10 nitrogen and oxygen atoms in total. The van der Waals surface area contributed by atoms with Crippen molar-refractivity contribution < 1.29 is 24.2 Å². The molecule has 3 rings (SSSR count). The second-order valence-corrected chi connectivity index (χ2v) is 8.80. The largest absolute Gasteiger partial charge is 0.477 e. The number of H-pyrrole nitrogens is 1. The number of nitrogens with zero attached hydrogens (tertiary/aromatic N) is 3. The van der Waals surface area contributed by atoms with Crippen LogP contribution < -0.4 is 10.2 Å². The van der Waals surface area contributed by atoms with Gasteiger partial charge in [0.15, 0.2) is 21.9 Å². The average molecular weight is 484 g/mol. The van der Waals surface area contributed by atoms with Crippen molar-refractivity contribution >= 4 is 45.7 Å². The lowest BCUT2D eigenvalue weighted by atomic mass is 10.0. The van der Waals surface area contributed by atoms with E-state index in [1.54, 1.807) is 0 Å². The van der Waals surface area contributed by atoms with Crippen LogP contribution in [0.15, 0.2) is 0 Å². The minimum absolute atomic E-state index is 0.0413. The number of amides is 1. The number of carbonyl (C=O) groups excluding carboxylic acids is 2. The molecule has 2 atom stereocenters. The van der Waals surface area contributed by atoms with Crippen molar-refractivity contribution in [2.24, 2.45) is 0 Å². The number of carboxylic acid groups (broad SMARTS) is 1. The summed E-state index contributed by atoms with van der Waals surface area (Å²) < 4.78 is 6.00. The summed E-state index contributed by atoms with van der Waals surface area (Å²) in [5.74, 6) is -1.78. The minimum Gasteiger partial charge on any atom is -0.477 e. The number of hydrogen-bond acceptors (Lipinski definition) is 8. The molecule has 3 N–H and O–H groups in total. The lowest BCUT2D eigenvalue weighted by molar-refractivity contribution is 0.0204. The molecule has 0 aromatic carbocycles. The van der Waals surface area contributed by atoms with E-state index < -0.39 is 11.8 Å². The van der Waals surface area contributed by atoms with Gasteiger partial charge >= 0.3 is 5.97 Å². The number of hydrogen-bond donors (Lipinski definition) is 3. The number of ketones is 1. The van der Waals surface area contributed by atoms with Crippen molar-refractivity contribution in [3.63, 3.8) is 0 Å². The van der Waals surface area contributed by atoms with Crippen LogP contribution in [-0.4, -0.2) is 69.6 Å². The standard InChI is InChI=1S/C20H26ClN5O5S/c1-4-8-31-13-9-26(20-24-14(10(3)27)15(32-20)19(29)30)7-6-12(13)23-18(28)17-22-11(5-2)16(21)25-17/h12-13H,4-9H2,1-3H3,(H,22,25)(H,23,28)(H,29,30)/t12-,13+/m0/s1. The third-order valence-corrected chi connectivity index (χ3v) is 6.54. The number of aromatic nitrogens is 3. The molecule has 0 unspecified atom stereocenters. The van der Waals surface area contributed by atoms with Gasteiger partial charge in [-0.25, -0.2) is 14.8 Å². The number of rotatable bonds is 9. The number of aromatic amines is 1. The highest BCUT2D eigenvalue weighted by Gasteiger charge is 2.34. The van der Waals surface area contributed by atoms with Crippen LogP contribution in [0.25, 0.3) is 0 Å². The quantitative estimate of drug-likeness (QED) is 0.463. The highest BCUT2D eigenvalue weighted by molar-refractivity contribution is 7.17. The Labute approximate surface area is 194 Å². The number of Topliss-reactive ketones (excluding diaryl/α,β-unsaturated/α-hetero) is 1. The van der Waals surface area contributed by atoms with E-state index in [4.69, 9.17) is 16.3 Å². The number of anilines is 1. The Balaban J connectivity index is 1.76. The fraction of sp³-hybridized carbons (Fsp3) is 0.550. The average Bonchev–Trinajstić information content (AvgIpc) is 3.37. The highest BCUT2D eigenvalue weighted by Crippen LogP contribution is 2.30. The predicted octanol–water partition coefficient (Wildman–Crippen LogP) is 2.79. The van der Waals surface area contributed by atoms with Crippen molar-refractivity contribution in [2.75, 3.05) is 24.6 Å². The Bertz CT molecular complexity index is 975. The zero-order chi connectivity index (χ0) is 23.4. The van der Waals surface area contributed by atoms with E-state index in [1.165, 1.54) is 6.92 Å². The molecule has 0 aliphatic carbocycles. The van der Waals surface area contributed by atoms with Gasteiger partial charge in [-0.2, -0.15) is 0 Å². The maximum absolute atomic E-state index is 12.7. The lowest BCUT2D eigenvalue weighted by Crippen LogP contribution is -2.55. The van der Waals surface area contributed by atoms with Gasteiger partial charge in [-0.15, -0.1) is 0 Å². The summed E-state index contributed by atoms with van der Waals surface area (Å²) in [6, 6.07) is -0.273. The van der Waals surface area contributed by atoms with Crippen LogP contribution in [0.2, 0.25) is 5.15 Å². The lowest BCUT2D eigenvalue weighted by Gasteiger charge is -2.38. The summed E-state index contributed by atoms with van der Waals surface area (Å²) in [5, 5.41) is 13.1. The van der Waals surface area contributed by atoms with Gasteiger partial charge < -0.3 is 25.0 Å². The topological polar surface area (TPSA) is 138 Å². The molecular weight excluding hydrogens is 458 g/mol. The first-order chi connectivity index (χ1) is 15.2. The van der Waals surface area contributed by atoms with Crippen LogP contribution in [0.4, 0.5) is 5.13 Å². The van der Waals surface area contributed by atoms with Gasteiger partial charge in [0.25, 0.3) is 5.91 Å². The molecule has 1 saturated heterocycles. The molecule has 3 heterocycles. The van der Waals surface area contributed by atoms with Crippen LogP contribution in [0.1, 0.15) is 70.1 Å². The zero-order valence-electron chi connectivity index (χ0n) is 18.1. The highest BCUT2D eigenvalue weighted by atomic mass is 35.5. The Morgan fingerprint density at radius 2 is 2.09 bits per heavy atom. The van der Waals surface area contributed by atoms with Gasteiger partial charge in [-0.3, -0.25) is 9.59 Å². The van der Waals surface area contributed by atoms with Crippen LogP contribution >= 0.6 is 22.9 Å². The molecule has 0 radical (unpaired) electrons. The fourth-order valence-corrected chi connectivity index (χ4v) is 4.74. The molecular formula is C20H26ClN5O5S. The predicted molar refractivity (Wildman–Crippen MR) is 120 cm³/mol. The number of nitrogens with one attached hydrogen (secondary N) is 2. The van der Waals surface area contributed by atoms with Gasteiger partial charge in [-0.1, -0.05) is 36.8 Å². The monoisotopic (exact) mass is 483 g/mol. The number of ether oxygens (including phenoxy) is 1. The number of halogens is 1. The summed E-state index contributed by atoms with van der Waals surface area (Å²) >= 11 is 7.02. The van der Waals surface area contributed by atoms with E-state index in [0.29, 0.717) is 43.4 Å². The maximum Gasteiger partial charge on any atom is 0.348 e. The van der Waals surface area contributed by atoms with Crippen LogP contribution in [0, 0.1) is 0 Å². The Morgan fingerprint density at radius 3 is 2.66 bits per heavy atom. The molecule has 0 saturated carbocycles. The Morgan fingerprint density at radius 1 is 1.34 bits per heavy atom. The second-order valence-electron chi connectivity index (χ2n) is 7.47. The first-order valence-electron chi connectivity index (χ1n) is 10.4. The molecule has 2 aromatic rings.